The average molecular weight is 315 g/mol. The molecular weight excluding hydrogens is 294 g/mol. The van der Waals surface area contributed by atoms with Gasteiger partial charge in [-0.1, -0.05) is 6.07 Å². The lowest BCUT2D eigenvalue weighted by molar-refractivity contribution is 0.0700. The zero-order chi connectivity index (χ0) is 15.8. The van der Waals surface area contributed by atoms with E-state index in [2.05, 4.69) is 33.6 Å². The fourth-order valence-electron chi connectivity index (χ4n) is 3.39. The van der Waals surface area contributed by atoms with Crippen LogP contribution in [0.2, 0.25) is 0 Å². The molecule has 1 aromatic heterocycles. The Kier molecular flexibility index (Phi) is 3.71. The van der Waals surface area contributed by atoms with E-state index in [0.29, 0.717) is 12.8 Å². The lowest BCUT2D eigenvalue weighted by Crippen LogP contribution is -2.43. The van der Waals surface area contributed by atoms with Gasteiger partial charge in [0.1, 0.15) is 0 Å². The highest BCUT2D eigenvalue weighted by molar-refractivity contribution is 5.44. The topological polar surface area (TPSA) is 48.8 Å². The number of fused-ring (bicyclic) bond motifs is 2. The average Bonchev–Trinajstić information content (AvgIpc) is 3.15. The van der Waals surface area contributed by atoms with Crippen LogP contribution in [-0.4, -0.2) is 41.0 Å². The first-order valence-corrected chi connectivity index (χ1v) is 7.85. The quantitative estimate of drug-likeness (QED) is 0.860. The number of aromatic nitrogens is 2. The number of rotatable bonds is 4. The van der Waals surface area contributed by atoms with E-state index in [9.17, 15) is 0 Å². The Hall–Kier alpha value is -2.05. The maximum absolute atomic E-state index is 5.48. The van der Waals surface area contributed by atoms with Gasteiger partial charge in [-0.15, -0.1) is 0 Å². The summed E-state index contributed by atoms with van der Waals surface area (Å²) in [6.45, 7) is 2.72. The molecule has 0 aliphatic carbocycles. The molecule has 0 radical (unpaired) electrons. The molecule has 0 spiro atoms. The predicted molar refractivity (Wildman–Crippen MR) is 84.4 cm³/mol. The number of nitrogens with zero attached hydrogens (tertiary/aromatic N) is 3. The van der Waals surface area contributed by atoms with Crippen molar-refractivity contribution in [2.24, 2.45) is 7.05 Å². The molecule has 0 unspecified atom stereocenters. The van der Waals surface area contributed by atoms with Crippen molar-refractivity contribution in [2.45, 2.75) is 25.6 Å². The molecule has 3 heterocycles. The molecule has 23 heavy (non-hydrogen) atoms. The van der Waals surface area contributed by atoms with Gasteiger partial charge in [0, 0.05) is 45.4 Å². The van der Waals surface area contributed by atoms with Crippen LogP contribution in [0.5, 0.6) is 11.5 Å². The second-order valence-corrected chi connectivity index (χ2v) is 6.15. The predicted octanol–water partition coefficient (Wildman–Crippen LogP) is 1.72. The highest BCUT2D eigenvalue weighted by Crippen LogP contribution is 2.33. The van der Waals surface area contributed by atoms with Crippen molar-refractivity contribution in [1.82, 2.24) is 14.5 Å². The summed E-state index contributed by atoms with van der Waals surface area (Å²) in [5.74, 6) is 1.66. The van der Waals surface area contributed by atoms with Gasteiger partial charge in [-0.2, -0.15) is 0 Å². The van der Waals surface area contributed by atoms with Crippen molar-refractivity contribution in [3.05, 3.63) is 41.5 Å². The monoisotopic (exact) mass is 315 g/mol. The summed E-state index contributed by atoms with van der Waals surface area (Å²) in [4.78, 5) is 6.96. The molecule has 0 saturated carbocycles. The number of hydrogen-bond donors (Lipinski definition) is 0. The van der Waals surface area contributed by atoms with Crippen LogP contribution in [0.1, 0.15) is 17.0 Å². The fourth-order valence-corrected chi connectivity index (χ4v) is 3.39. The Morgan fingerprint density at radius 3 is 3.04 bits per heavy atom. The van der Waals surface area contributed by atoms with Crippen molar-refractivity contribution in [3.8, 4) is 11.5 Å². The molecule has 0 amide bonds. The summed E-state index contributed by atoms with van der Waals surface area (Å²) >= 11 is 0. The van der Waals surface area contributed by atoms with E-state index in [0.717, 1.165) is 37.6 Å². The largest absolute Gasteiger partial charge is 0.454 e. The molecule has 2 aliphatic heterocycles. The van der Waals surface area contributed by atoms with Crippen LogP contribution in [0.15, 0.2) is 24.5 Å². The highest BCUT2D eigenvalue weighted by atomic mass is 16.7. The van der Waals surface area contributed by atoms with Gasteiger partial charge in [-0.25, -0.2) is 4.98 Å². The fraction of sp³-hybridized carbons (Fsp3) is 0.471. The first-order valence-electron chi connectivity index (χ1n) is 7.85. The second-order valence-electron chi connectivity index (χ2n) is 6.15. The van der Waals surface area contributed by atoms with E-state index in [-0.39, 0.29) is 0 Å². The molecule has 0 fully saturated rings. The first kappa shape index (κ1) is 14.5. The minimum Gasteiger partial charge on any atom is -0.454 e. The first-order chi connectivity index (χ1) is 11.2. The van der Waals surface area contributed by atoms with Gasteiger partial charge in [0.25, 0.3) is 0 Å². The van der Waals surface area contributed by atoms with E-state index in [4.69, 9.17) is 14.2 Å². The summed E-state index contributed by atoms with van der Waals surface area (Å²) < 4.78 is 18.4. The summed E-state index contributed by atoms with van der Waals surface area (Å²) in [6.07, 6.45) is 2.86. The molecule has 0 N–H and O–H groups in total. The molecule has 6 nitrogen and oxygen atoms in total. The molecule has 0 saturated heterocycles. The van der Waals surface area contributed by atoms with E-state index in [1.54, 1.807) is 7.11 Å². The van der Waals surface area contributed by atoms with E-state index in [1.165, 1.54) is 17.0 Å². The summed E-state index contributed by atoms with van der Waals surface area (Å²) in [5, 5.41) is 0. The highest BCUT2D eigenvalue weighted by Gasteiger charge is 2.29. The molecule has 122 valence electrons. The van der Waals surface area contributed by atoms with Crippen LogP contribution in [0.3, 0.4) is 0 Å². The standard InChI is InChI=1S/C17H21N3O3/c1-19-10-18-14-8-20(13(9-21-2)6-15(14)19)7-12-3-4-16-17(5-12)23-11-22-16/h3-5,10,13H,6-9,11H2,1-2H3/t13-/m0/s1. The van der Waals surface area contributed by atoms with Gasteiger partial charge >= 0.3 is 0 Å². The van der Waals surface area contributed by atoms with E-state index < -0.39 is 0 Å². The number of benzene rings is 1. The zero-order valence-corrected chi connectivity index (χ0v) is 13.5. The van der Waals surface area contributed by atoms with Crippen molar-refractivity contribution < 1.29 is 14.2 Å². The van der Waals surface area contributed by atoms with Gasteiger partial charge < -0.3 is 18.8 Å². The van der Waals surface area contributed by atoms with Crippen LogP contribution >= 0.6 is 0 Å². The van der Waals surface area contributed by atoms with Gasteiger partial charge in [-0.3, -0.25) is 4.90 Å². The van der Waals surface area contributed by atoms with Crippen molar-refractivity contribution >= 4 is 0 Å². The number of imidazole rings is 1. The minimum atomic E-state index is 0.312. The minimum absolute atomic E-state index is 0.312. The molecule has 2 aliphatic rings. The Balaban J connectivity index is 1.56. The Morgan fingerprint density at radius 1 is 1.30 bits per heavy atom. The lowest BCUT2D eigenvalue weighted by atomic mass is 10.0. The summed E-state index contributed by atoms with van der Waals surface area (Å²) in [5.41, 5.74) is 3.70. The summed E-state index contributed by atoms with van der Waals surface area (Å²) in [6, 6.07) is 6.51. The number of hydrogen-bond acceptors (Lipinski definition) is 5. The van der Waals surface area contributed by atoms with E-state index in [1.807, 2.05) is 12.4 Å². The number of aryl methyl sites for hydroxylation is 1. The lowest BCUT2D eigenvalue weighted by Gasteiger charge is -2.35. The number of ether oxygens (including phenoxy) is 3. The van der Waals surface area contributed by atoms with Crippen LogP contribution in [-0.2, 0) is 31.3 Å². The van der Waals surface area contributed by atoms with Gasteiger partial charge in [-0.05, 0) is 17.7 Å². The van der Waals surface area contributed by atoms with Gasteiger partial charge in [0.15, 0.2) is 11.5 Å². The SMILES string of the molecule is COC[C@@H]1Cc2c(ncn2C)CN1Cc1ccc2c(c1)OCO2. The third-order valence-electron chi connectivity index (χ3n) is 4.63. The molecule has 6 heteroatoms. The molecule has 1 aromatic carbocycles. The molecule has 1 atom stereocenters. The van der Waals surface area contributed by atoms with Crippen LogP contribution in [0.4, 0.5) is 0 Å². The Bertz CT molecular complexity index is 713. The van der Waals surface area contributed by atoms with Crippen LogP contribution in [0.25, 0.3) is 0 Å². The molecular formula is C17H21N3O3. The Morgan fingerprint density at radius 2 is 2.17 bits per heavy atom. The second kappa shape index (κ2) is 5.86. The summed E-state index contributed by atoms with van der Waals surface area (Å²) in [7, 11) is 3.82. The van der Waals surface area contributed by atoms with Crippen LogP contribution in [0, 0.1) is 0 Å². The maximum Gasteiger partial charge on any atom is 0.231 e. The smallest absolute Gasteiger partial charge is 0.231 e. The van der Waals surface area contributed by atoms with Crippen molar-refractivity contribution in [2.75, 3.05) is 20.5 Å². The van der Waals surface area contributed by atoms with Gasteiger partial charge in [0.2, 0.25) is 6.79 Å². The van der Waals surface area contributed by atoms with E-state index >= 15 is 0 Å². The van der Waals surface area contributed by atoms with Crippen molar-refractivity contribution in [1.29, 1.82) is 0 Å². The van der Waals surface area contributed by atoms with Crippen molar-refractivity contribution in [3.63, 3.8) is 0 Å². The molecule has 4 rings (SSSR count). The van der Waals surface area contributed by atoms with Crippen LogP contribution < -0.4 is 9.47 Å². The Labute approximate surface area is 135 Å². The third-order valence-corrected chi connectivity index (χ3v) is 4.63. The number of methoxy groups -OCH3 is 1. The van der Waals surface area contributed by atoms with Gasteiger partial charge in [0.05, 0.1) is 18.6 Å². The molecule has 0 bridgehead atoms. The maximum atomic E-state index is 5.48. The molecule has 2 aromatic rings. The third kappa shape index (κ3) is 2.68. The zero-order valence-electron chi connectivity index (χ0n) is 13.5. The normalized spacial score (nSPS) is 19.8.